The van der Waals surface area contributed by atoms with Crippen LogP contribution in [0.1, 0.15) is 40.0 Å². The molecule has 5 nitrogen and oxygen atoms in total. The van der Waals surface area contributed by atoms with Crippen molar-refractivity contribution >= 4 is 6.09 Å². The fourth-order valence-electron chi connectivity index (χ4n) is 2.35. The number of alkyl carbamates (subject to hydrolysis) is 1. The fourth-order valence-corrected chi connectivity index (χ4v) is 2.35. The van der Waals surface area contributed by atoms with E-state index in [-0.39, 0.29) is 6.09 Å². The summed E-state index contributed by atoms with van der Waals surface area (Å²) in [5, 5.41) is 6.29. The van der Waals surface area contributed by atoms with Crippen LogP contribution in [0.25, 0.3) is 0 Å². The van der Waals surface area contributed by atoms with Gasteiger partial charge in [-0.05, 0) is 39.5 Å². The van der Waals surface area contributed by atoms with Gasteiger partial charge < -0.3 is 21.1 Å². The first-order valence-corrected chi connectivity index (χ1v) is 6.82. The highest BCUT2D eigenvalue weighted by Crippen LogP contribution is 2.24. The van der Waals surface area contributed by atoms with Crippen molar-refractivity contribution in [3.05, 3.63) is 0 Å². The van der Waals surface area contributed by atoms with E-state index in [1.807, 2.05) is 20.8 Å². The number of hydrogen-bond acceptors (Lipinski definition) is 4. The molecule has 2 unspecified atom stereocenters. The van der Waals surface area contributed by atoms with Crippen LogP contribution in [0.15, 0.2) is 0 Å². The zero-order chi connectivity index (χ0) is 13.6. The van der Waals surface area contributed by atoms with E-state index in [0.717, 1.165) is 13.0 Å². The number of nitrogens with one attached hydrogen (secondary N) is 2. The number of nitrogens with two attached hydrogens (primary N) is 1. The molecule has 1 aliphatic rings. The number of carbonyl (C=O) groups excluding carboxylic acids is 1. The Morgan fingerprint density at radius 2 is 2.11 bits per heavy atom. The zero-order valence-corrected chi connectivity index (χ0v) is 11.8. The fraction of sp³-hybridized carbons (Fsp3) is 0.923. The summed E-state index contributed by atoms with van der Waals surface area (Å²) in [6.45, 7) is 7.78. The van der Waals surface area contributed by atoms with Gasteiger partial charge >= 0.3 is 6.09 Å². The van der Waals surface area contributed by atoms with E-state index in [1.54, 1.807) is 0 Å². The van der Waals surface area contributed by atoms with Gasteiger partial charge in [-0.25, -0.2) is 4.79 Å². The van der Waals surface area contributed by atoms with E-state index in [9.17, 15) is 4.79 Å². The van der Waals surface area contributed by atoms with Gasteiger partial charge in [-0.3, -0.25) is 0 Å². The summed E-state index contributed by atoms with van der Waals surface area (Å²) in [7, 11) is 0. The summed E-state index contributed by atoms with van der Waals surface area (Å²) in [6.07, 6.45) is 3.20. The minimum atomic E-state index is -0.434. The van der Waals surface area contributed by atoms with Gasteiger partial charge in [0.1, 0.15) is 5.60 Å². The first-order valence-electron chi connectivity index (χ1n) is 6.82. The molecule has 0 spiro atoms. The predicted molar refractivity (Wildman–Crippen MR) is 72.4 cm³/mol. The number of carbonyl (C=O) groups is 1. The number of ether oxygens (including phenoxy) is 1. The molecule has 1 aliphatic carbocycles. The molecule has 0 heterocycles. The molecule has 5 heteroatoms. The summed E-state index contributed by atoms with van der Waals surface area (Å²) in [5.41, 5.74) is 5.06. The van der Waals surface area contributed by atoms with Crippen LogP contribution < -0.4 is 16.4 Å². The van der Waals surface area contributed by atoms with Gasteiger partial charge in [0, 0.05) is 25.7 Å². The Bertz CT molecular complexity index is 263. The third kappa shape index (κ3) is 5.69. The maximum Gasteiger partial charge on any atom is 0.407 e. The van der Waals surface area contributed by atoms with E-state index in [1.165, 1.54) is 12.8 Å². The Hall–Kier alpha value is -0.810. The molecule has 0 aliphatic heterocycles. The van der Waals surface area contributed by atoms with Crippen LogP contribution in [0.2, 0.25) is 0 Å². The second-order valence-corrected chi connectivity index (χ2v) is 5.92. The van der Waals surface area contributed by atoms with Crippen LogP contribution in [0, 0.1) is 5.92 Å². The largest absolute Gasteiger partial charge is 0.444 e. The van der Waals surface area contributed by atoms with Crippen LogP contribution in [-0.2, 0) is 4.74 Å². The molecular formula is C13H27N3O2. The molecule has 0 aromatic carbocycles. The van der Waals surface area contributed by atoms with E-state index in [2.05, 4.69) is 10.6 Å². The summed E-state index contributed by atoms with van der Waals surface area (Å²) in [5.74, 6) is 0.490. The van der Waals surface area contributed by atoms with Gasteiger partial charge in [-0.1, -0.05) is 6.42 Å². The monoisotopic (exact) mass is 257 g/mol. The summed E-state index contributed by atoms with van der Waals surface area (Å²) < 4.78 is 5.22. The highest BCUT2D eigenvalue weighted by molar-refractivity contribution is 5.67. The standard InChI is InChI=1S/C13H27N3O2/c1-13(2,3)18-12(17)16-9-10-5-4-6-11(10)15-8-7-14/h10-11,15H,4-9,14H2,1-3H3,(H,16,17). The Labute approximate surface area is 110 Å². The van der Waals surface area contributed by atoms with Crippen molar-refractivity contribution in [2.24, 2.45) is 11.7 Å². The third-order valence-electron chi connectivity index (χ3n) is 3.12. The number of rotatable bonds is 5. The number of amides is 1. The normalized spacial score (nSPS) is 24.0. The molecule has 0 bridgehead atoms. The molecule has 18 heavy (non-hydrogen) atoms. The quantitative estimate of drug-likeness (QED) is 0.692. The zero-order valence-electron chi connectivity index (χ0n) is 11.8. The maximum atomic E-state index is 11.6. The van der Waals surface area contributed by atoms with Crippen LogP contribution in [0.5, 0.6) is 0 Å². The van der Waals surface area contributed by atoms with E-state index >= 15 is 0 Å². The second kappa shape index (κ2) is 6.95. The maximum absolute atomic E-state index is 11.6. The lowest BCUT2D eigenvalue weighted by atomic mass is 10.0. The van der Waals surface area contributed by atoms with Gasteiger partial charge in [-0.2, -0.15) is 0 Å². The van der Waals surface area contributed by atoms with Crippen molar-refractivity contribution < 1.29 is 9.53 Å². The van der Waals surface area contributed by atoms with Crippen molar-refractivity contribution in [2.45, 2.75) is 51.7 Å². The van der Waals surface area contributed by atoms with Gasteiger partial charge in [0.15, 0.2) is 0 Å². The van der Waals surface area contributed by atoms with Crippen LogP contribution in [0.4, 0.5) is 4.79 Å². The Morgan fingerprint density at radius 3 is 2.72 bits per heavy atom. The number of hydrogen-bond donors (Lipinski definition) is 3. The van der Waals surface area contributed by atoms with Gasteiger partial charge in [0.25, 0.3) is 0 Å². The summed E-state index contributed by atoms with van der Waals surface area (Å²) in [6, 6.07) is 0.475. The van der Waals surface area contributed by atoms with Crippen molar-refractivity contribution in [2.75, 3.05) is 19.6 Å². The SMILES string of the molecule is CC(C)(C)OC(=O)NCC1CCCC1NCCN. The lowest BCUT2D eigenvalue weighted by Gasteiger charge is -2.23. The second-order valence-electron chi connectivity index (χ2n) is 5.92. The molecule has 0 aromatic heterocycles. The Kier molecular flexibility index (Phi) is 5.88. The first kappa shape index (κ1) is 15.2. The van der Waals surface area contributed by atoms with Crippen molar-refractivity contribution in [1.29, 1.82) is 0 Å². The summed E-state index contributed by atoms with van der Waals surface area (Å²) >= 11 is 0. The molecule has 4 N–H and O–H groups in total. The van der Waals surface area contributed by atoms with E-state index < -0.39 is 5.60 Å². The molecule has 0 aromatic rings. The molecule has 1 fully saturated rings. The van der Waals surface area contributed by atoms with Crippen LogP contribution >= 0.6 is 0 Å². The molecule has 106 valence electrons. The summed E-state index contributed by atoms with van der Waals surface area (Å²) in [4.78, 5) is 11.6. The highest BCUT2D eigenvalue weighted by Gasteiger charge is 2.27. The smallest absolute Gasteiger partial charge is 0.407 e. The lowest BCUT2D eigenvalue weighted by Crippen LogP contribution is -2.42. The van der Waals surface area contributed by atoms with E-state index in [4.69, 9.17) is 10.5 Å². The molecule has 2 atom stereocenters. The molecule has 1 saturated carbocycles. The molecule has 0 saturated heterocycles. The van der Waals surface area contributed by atoms with Crippen molar-refractivity contribution in [3.63, 3.8) is 0 Å². The van der Waals surface area contributed by atoms with Crippen LogP contribution in [-0.4, -0.2) is 37.4 Å². The van der Waals surface area contributed by atoms with Gasteiger partial charge in [0.05, 0.1) is 0 Å². The average Bonchev–Trinajstić information content (AvgIpc) is 2.68. The van der Waals surface area contributed by atoms with Crippen molar-refractivity contribution in [1.82, 2.24) is 10.6 Å². The minimum Gasteiger partial charge on any atom is -0.444 e. The van der Waals surface area contributed by atoms with Gasteiger partial charge in [-0.15, -0.1) is 0 Å². The minimum absolute atomic E-state index is 0.327. The van der Waals surface area contributed by atoms with E-state index in [0.29, 0.717) is 25.0 Å². The Balaban J connectivity index is 2.27. The molecule has 0 radical (unpaired) electrons. The van der Waals surface area contributed by atoms with Crippen LogP contribution in [0.3, 0.4) is 0 Å². The van der Waals surface area contributed by atoms with Gasteiger partial charge in [0.2, 0.25) is 0 Å². The molecule has 1 amide bonds. The first-order chi connectivity index (χ1) is 8.42. The third-order valence-corrected chi connectivity index (χ3v) is 3.12. The predicted octanol–water partition coefficient (Wildman–Crippen LogP) is 1.23. The molecule has 1 rings (SSSR count). The topological polar surface area (TPSA) is 76.4 Å². The molecular weight excluding hydrogens is 230 g/mol. The average molecular weight is 257 g/mol. The van der Waals surface area contributed by atoms with Crippen molar-refractivity contribution in [3.8, 4) is 0 Å². The lowest BCUT2D eigenvalue weighted by molar-refractivity contribution is 0.0517. The Morgan fingerprint density at radius 1 is 1.39 bits per heavy atom. The highest BCUT2D eigenvalue weighted by atomic mass is 16.6.